The van der Waals surface area contributed by atoms with Gasteiger partial charge >= 0.3 is 0 Å². The lowest BCUT2D eigenvalue weighted by Crippen LogP contribution is -2.15. The summed E-state index contributed by atoms with van der Waals surface area (Å²) in [5.74, 6) is 0.709. The molecule has 0 amide bonds. The third-order valence-corrected chi connectivity index (χ3v) is 5.01. The molecule has 220 valence electrons. The van der Waals surface area contributed by atoms with E-state index in [-0.39, 0.29) is 0 Å². The van der Waals surface area contributed by atoms with E-state index in [1.807, 2.05) is 0 Å². The molecule has 0 aliphatic carbocycles. The maximum absolute atomic E-state index is 10.6. The van der Waals surface area contributed by atoms with E-state index >= 15 is 0 Å². The summed E-state index contributed by atoms with van der Waals surface area (Å²) in [5, 5.41) is 0. The first-order valence-electron chi connectivity index (χ1n) is 13.7. The first-order chi connectivity index (χ1) is 18.9. The molecule has 0 radical (unpaired) electrons. The Hall–Kier alpha value is -1.63. The summed E-state index contributed by atoms with van der Waals surface area (Å²) in [6.45, 7) is 11.4. The summed E-state index contributed by atoms with van der Waals surface area (Å²) in [7, 11) is 0. The zero-order chi connectivity index (χ0) is 27.2. The highest BCUT2D eigenvalue weighted by Crippen LogP contribution is 2.10. The van der Waals surface area contributed by atoms with Crippen LogP contribution in [-0.2, 0) is 37.9 Å². The minimum absolute atomic E-state index is 0.438. The predicted octanol–water partition coefficient (Wildman–Crippen LogP) is 3.20. The molecule has 1 rings (SSSR count). The molecule has 1 aromatic rings. The largest absolute Gasteiger partial charge is 0.491 e. The Morgan fingerprint density at radius 3 is 1.16 bits per heavy atom. The molecule has 0 atom stereocenters. The van der Waals surface area contributed by atoms with Gasteiger partial charge in [0.25, 0.3) is 0 Å². The fourth-order valence-corrected chi connectivity index (χ4v) is 2.96. The second-order valence-corrected chi connectivity index (χ2v) is 8.14. The summed E-state index contributed by atoms with van der Waals surface area (Å²) < 4.78 is 49.2. The first kappa shape index (κ1) is 34.4. The fourth-order valence-electron chi connectivity index (χ4n) is 2.96. The highest BCUT2D eigenvalue weighted by Gasteiger charge is 1.97. The van der Waals surface area contributed by atoms with Crippen LogP contribution in [0.25, 0.3) is 0 Å². The lowest BCUT2D eigenvalue weighted by Gasteiger charge is -2.09. The van der Waals surface area contributed by atoms with Crippen LogP contribution in [0.4, 0.5) is 0 Å². The molecule has 0 spiro atoms. The number of hydrogen-bond donors (Lipinski definition) is 0. The van der Waals surface area contributed by atoms with E-state index in [1.54, 1.807) is 24.3 Å². The number of carbonyl (C=O) groups is 1. The fraction of sp³-hybridized carbons (Fsp3) is 0.750. The summed E-state index contributed by atoms with van der Waals surface area (Å²) in [5.41, 5.74) is 0.623. The van der Waals surface area contributed by atoms with Crippen molar-refractivity contribution in [3.8, 4) is 5.75 Å². The van der Waals surface area contributed by atoms with E-state index < -0.39 is 0 Å². The van der Waals surface area contributed by atoms with Crippen LogP contribution < -0.4 is 4.74 Å². The molecule has 10 heteroatoms. The Bertz CT molecular complexity index is 614. The van der Waals surface area contributed by atoms with Crippen molar-refractivity contribution in [2.75, 3.05) is 112 Å². The predicted molar refractivity (Wildman–Crippen MR) is 143 cm³/mol. The van der Waals surface area contributed by atoms with Gasteiger partial charge in [0.1, 0.15) is 18.6 Å². The van der Waals surface area contributed by atoms with Crippen LogP contribution in [0.2, 0.25) is 0 Å². The van der Waals surface area contributed by atoms with E-state index in [0.29, 0.717) is 117 Å². The molecule has 0 heterocycles. The second-order valence-electron chi connectivity index (χ2n) is 8.14. The summed E-state index contributed by atoms with van der Waals surface area (Å²) >= 11 is 0. The Balaban J connectivity index is 1.66. The Kier molecular flexibility index (Phi) is 25.7. The molecule has 38 heavy (non-hydrogen) atoms. The van der Waals surface area contributed by atoms with Gasteiger partial charge in [-0.1, -0.05) is 19.8 Å². The van der Waals surface area contributed by atoms with Gasteiger partial charge in [-0.05, 0) is 30.7 Å². The quantitative estimate of drug-likeness (QED) is 0.106. The van der Waals surface area contributed by atoms with E-state index in [4.69, 9.17) is 42.6 Å². The molecule has 0 saturated heterocycles. The van der Waals surface area contributed by atoms with Gasteiger partial charge in [0.15, 0.2) is 0 Å². The van der Waals surface area contributed by atoms with Crippen molar-refractivity contribution in [3.63, 3.8) is 0 Å². The smallest absolute Gasteiger partial charge is 0.150 e. The van der Waals surface area contributed by atoms with Crippen LogP contribution in [-0.4, -0.2) is 119 Å². The molecule has 0 aliphatic rings. The van der Waals surface area contributed by atoms with Crippen molar-refractivity contribution in [3.05, 3.63) is 29.8 Å². The maximum atomic E-state index is 10.6. The minimum Gasteiger partial charge on any atom is -0.491 e. The molecule has 10 nitrogen and oxygen atoms in total. The molecule has 0 saturated carbocycles. The van der Waals surface area contributed by atoms with Gasteiger partial charge in [0.2, 0.25) is 0 Å². The zero-order valence-electron chi connectivity index (χ0n) is 23.1. The molecular formula is C28H48O10. The Morgan fingerprint density at radius 2 is 0.816 bits per heavy atom. The molecule has 1 aromatic carbocycles. The van der Waals surface area contributed by atoms with Crippen molar-refractivity contribution < 1.29 is 47.4 Å². The first-order valence-corrected chi connectivity index (χ1v) is 13.7. The van der Waals surface area contributed by atoms with Crippen molar-refractivity contribution in [2.24, 2.45) is 0 Å². The van der Waals surface area contributed by atoms with Crippen LogP contribution in [0.15, 0.2) is 24.3 Å². The lowest BCUT2D eigenvalue weighted by atomic mass is 10.2. The highest BCUT2D eigenvalue weighted by molar-refractivity contribution is 5.74. The van der Waals surface area contributed by atoms with Gasteiger partial charge in [-0.2, -0.15) is 0 Å². The van der Waals surface area contributed by atoms with Gasteiger partial charge in [-0.15, -0.1) is 0 Å². The third-order valence-electron chi connectivity index (χ3n) is 5.01. The van der Waals surface area contributed by atoms with Crippen LogP contribution in [0, 0.1) is 0 Å². The van der Waals surface area contributed by atoms with Gasteiger partial charge in [0, 0.05) is 12.2 Å². The van der Waals surface area contributed by atoms with Crippen molar-refractivity contribution in [1.82, 2.24) is 0 Å². The van der Waals surface area contributed by atoms with E-state index in [0.717, 1.165) is 19.3 Å². The van der Waals surface area contributed by atoms with E-state index in [1.165, 1.54) is 12.8 Å². The maximum Gasteiger partial charge on any atom is 0.150 e. The molecule has 0 N–H and O–H groups in total. The van der Waals surface area contributed by atoms with Gasteiger partial charge in [-0.25, -0.2) is 0 Å². The SMILES string of the molecule is CCCCCOCCOCCOCCOCCOCCOCCOCCOCCOc1ccc(C=O)cc1. The average Bonchev–Trinajstić information content (AvgIpc) is 2.95. The summed E-state index contributed by atoms with van der Waals surface area (Å²) in [6, 6.07) is 6.95. The second kappa shape index (κ2) is 28.4. The zero-order valence-corrected chi connectivity index (χ0v) is 23.1. The Morgan fingerprint density at radius 1 is 0.474 bits per heavy atom. The summed E-state index contributed by atoms with van der Waals surface area (Å²) in [4.78, 5) is 10.6. The number of hydrogen-bond acceptors (Lipinski definition) is 10. The van der Waals surface area contributed by atoms with Gasteiger partial charge in [0.05, 0.1) is 99.1 Å². The molecular weight excluding hydrogens is 496 g/mol. The Labute approximate surface area is 228 Å². The van der Waals surface area contributed by atoms with E-state index in [2.05, 4.69) is 6.92 Å². The minimum atomic E-state index is 0.438. The van der Waals surface area contributed by atoms with Crippen molar-refractivity contribution in [1.29, 1.82) is 0 Å². The molecule has 0 unspecified atom stereocenters. The van der Waals surface area contributed by atoms with Gasteiger partial charge in [-0.3, -0.25) is 4.79 Å². The summed E-state index contributed by atoms with van der Waals surface area (Å²) in [6.07, 6.45) is 4.34. The van der Waals surface area contributed by atoms with Crippen LogP contribution in [0.5, 0.6) is 5.75 Å². The van der Waals surface area contributed by atoms with Crippen LogP contribution in [0.3, 0.4) is 0 Å². The molecule has 0 bridgehead atoms. The number of unbranched alkanes of at least 4 members (excludes halogenated alkanes) is 2. The van der Waals surface area contributed by atoms with Crippen molar-refractivity contribution >= 4 is 6.29 Å². The lowest BCUT2D eigenvalue weighted by molar-refractivity contribution is -0.0236. The number of aldehydes is 1. The van der Waals surface area contributed by atoms with Crippen LogP contribution in [0.1, 0.15) is 36.5 Å². The molecule has 0 fully saturated rings. The number of carbonyl (C=O) groups excluding carboxylic acids is 1. The topological polar surface area (TPSA) is 100 Å². The standard InChI is InChI=1S/C28H48O10/c1-2-3-4-9-30-10-11-31-12-13-32-14-15-33-16-17-34-18-19-35-20-21-36-22-23-37-24-25-38-28-7-5-27(26-29)6-8-28/h5-8,26H,2-4,9-25H2,1H3. The molecule has 0 aromatic heterocycles. The number of rotatable bonds is 30. The third kappa shape index (κ3) is 23.5. The highest BCUT2D eigenvalue weighted by atomic mass is 16.6. The number of benzene rings is 1. The van der Waals surface area contributed by atoms with Crippen LogP contribution >= 0.6 is 0 Å². The van der Waals surface area contributed by atoms with Gasteiger partial charge < -0.3 is 42.6 Å². The molecule has 0 aliphatic heterocycles. The van der Waals surface area contributed by atoms with Crippen molar-refractivity contribution in [2.45, 2.75) is 26.2 Å². The monoisotopic (exact) mass is 544 g/mol. The normalized spacial score (nSPS) is 11.2. The van der Waals surface area contributed by atoms with E-state index in [9.17, 15) is 4.79 Å². The average molecular weight is 545 g/mol. The number of ether oxygens (including phenoxy) is 9.